The molecule has 0 aliphatic heterocycles. The maximum absolute atomic E-state index is 7.03. The number of hydrogen-bond donors (Lipinski definition) is 0. The van der Waals surface area contributed by atoms with E-state index in [-0.39, 0.29) is 0 Å². The molecule has 0 aliphatic rings. The molecular formula is C76H50N4O2. The van der Waals surface area contributed by atoms with Crippen molar-refractivity contribution in [3.63, 3.8) is 0 Å². The number of rotatable bonds is 8. The Labute approximate surface area is 471 Å². The van der Waals surface area contributed by atoms with Gasteiger partial charge in [-0.15, -0.1) is 0 Å². The van der Waals surface area contributed by atoms with Crippen LogP contribution in [0.2, 0.25) is 0 Å². The Morgan fingerprint density at radius 3 is 1.24 bits per heavy atom. The number of furan rings is 2. The molecule has 0 amide bonds. The maximum Gasteiger partial charge on any atom is 0.147 e. The number of anilines is 6. The lowest BCUT2D eigenvalue weighted by atomic mass is 10.0. The number of aryl methyl sites for hydroxylation is 2. The Bertz CT molecular complexity index is 5450. The quantitative estimate of drug-likeness (QED) is 0.152. The molecule has 17 aromatic rings. The van der Waals surface area contributed by atoms with Gasteiger partial charge in [-0.2, -0.15) is 0 Å². The fourth-order valence-corrected chi connectivity index (χ4v) is 13.2. The van der Waals surface area contributed by atoms with Crippen LogP contribution in [-0.4, -0.2) is 9.13 Å². The second-order valence-corrected chi connectivity index (χ2v) is 21.8. The van der Waals surface area contributed by atoms with Crippen LogP contribution in [-0.2, 0) is 0 Å². The molecule has 0 atom stereocenters. The van der Waals surface area contributed by atoms with E-state index in [1.54, 1.807) is 0 Å². The first-order chi connectivity index (χ1) is 40.5. The van der Waals surface area contributed by atoms with Crippen LogP contribution in [0.4, 0.5) is 34.1 Å². The first-order valence-corrected chi connectivity index (χ1v) is 28.1. The molecule has 82 heavy (non-hydrogen) atoms. The largest absolute Gasteiger partial charge is 0.456 e. The Morgan fingerprint density at radius 1 is 0.280 bits per heavy atom. The van der Waals surface area contributed by atoms with Gasteiger partial charge in [0.2, 0.25) is 0 Å². The summed E-state index contributed by atoms with van der Waals surface area (Å²) >= 11 is 0. The fraction of sp³-hybridized carbons (Fsp3) is 0.0263. The van der Waals surface area contributed by atoms with Gasteiger partial charge in [-0.25, -0.2) is 0 Å². The molecule has 0 aliphatic carbocycles. The molecule has 6 nitrogen and oxygen atoms in total. The third-order valence-electron chi connectivity index (χ3n) is 17.0. The van der Waals surface area contributed by atoms with Crippen LogP contribution in [0.25, 0.3) is 120 Å². The van der Waals surface area contributed by atoms with E-state index in [1.165, 1.54) is 43.7 Å². The van der Waals surface area contributed by atoms with Crippen LogP contribution in [0.15, 0.2) is 276 Å². The first kappa shape index (κ1) is 46.1. The molecule has 13 aromatic carbocycles. The topological polar surface area (TPSA) is 42.6 Å². The third-order valence-corrected chi connectivity index (χ3v) is 17.0. The summed E-state index contributed by atoms with van der Waals surface area (Å²) in [5, 5.41) is 13.5. The number of fused-ring (bicyclic) bond motifs is 15. The summed E-state index contributed by atoms with van der Waals surface area (Å²) in [6.45, 7) is 4.38. The monoisotopic (exact) mass is 1050 g/mol. The number of hydrogen-bond acceptors (Lipinski definition) is 4. The molecule has 0 unspecified atom stereocenters. The van der Waals surface area contributed by atoms with Crippen molar-refractivity contribution in [2.45, 2.75) is 13.8 Å². The van der Waals surface area contributed by atoms with Crippen LogP contribution in [0.3, 0.4) is 0 Å². The fourth-order valence-electron chi connectivity index (χ4n) is 13.2. The SMILES string of the molecule is Cc1ccccc1N(c1ccc2cc3c(cc2c1)oc1c3ccc2oc3cc4cc(N(c5ccc6c7ccccc7n(-c7ccccc7)c6c5)c5ccccc5C)ccc4cc3c21)c1ccc2c3ccccc3n(-c3ccccc3)c2c1. The van der Waals surface area contributed by atoms with Crippen molar-refractivity contribution >= 4 is 143 Å². The molecule has 4 heterocycles. The van der Waals surface area contributed by atoms with Gasteiger partial charge in [0.15, 0.2) is 0 Å². The number of para-hydroxylation sites is 6. The summed E-state index contributed by atoms with van der Waals surface area (Å²) in [7, 11) is 0. The minimum Gasteiger partial charge on any atom is -0.456 e. The lowest BCUT2D eigenvalue weighted by Crippen LogP contribution is -2.11. The molecule has 0 radical (unpaired) electrons. The van der Waals surface area contributed by atoms with Gasteiger partial charge >= 0.3 is 0 Å². The van der Waals surface area contributed by atoms with Crippen molar-refractivity contribution in [2.24, 2.45) is 0 Å². The summed E-state index contributed by atoms with van der Waals surface area (Å²) in [6.07, 6.45) is 0. The summed E-state index contributed by atoms with van der Waals surface area (Å²) in [6, 6.07) is 96.7. The molecule has 17 rings (SSSR count). The zero-order valence-electron chi connectivity index (χ0n) is 45.0. The predicted octanol–water partition coefficient (Wildman–Crippen LogP) is 21.5. The summed E-state index contributed by atoms with van der Waals surface area (Å²) in [5.74, 6) is 0. The second-order valence-electron chi connectivity index (χ2n) is 21.8. The van der Waals surface area contributed by atoms with Crippen LogP contribution in [0.5, 0.6) is 0 Å². The van der Waals surface area contributed by atoms with Crippen molar-refractivity contribution in [3.8, 4) is 11.4 Å². The van der Waals surface area contributed by atoms with Gasteiger partial charge in [-0.05, 0) is 180 Å². The van der Waals surface area contributed by atoms with E-state index in [0.29, 0.717) is 0 Å². The molecule has 4 aromatic heterocycles. The van der Waals surface area contributed by atoms with E-state index < -0.39 is 0 Å². The minimum atomic E-state index is 0.796. The molecule has 0 N–H and O–H groups in total. The second kappa shape index (κ2) is 17.8. The lowest BCUT2D eigenvalue weighted by Gasteiger charge is -2.27. The van der Waals surface area contributed by atoms with Crippen LogP contribution < -0.4 is 9.80 Å². The zero-order chi connectivity index (χ0) is 54.2. The van der Waals surface area contributed by atoms with E-state index in [4.69, 9.17) is 8.83 Å². The van der Waals surface area contributed by atoms with E-state index in [9.17, 15) is 0 Å². The van der Waals surface area contributed by atoms with E-state index >= 15 is 0 Å². The Morgan fingerprint density at radius 2 is 0.707 bits per heavy atom. The Hall–Kier alpha value is -10.8. The lowest BCUT2D eigenvalue weighted by molar-refractivity contribution is 0.663. The van der Waals surface area contributed by atoms with Gasteiger partial charge < -0.3 is 27.8 Å². The van der Waals surface area contributed by atoms with Crippen LogP contribution >= 0.6 is 0 Å². The number of benzene rings is 13. The summed E-state index contributed by atoms with van der Waals surface area (Å²) in [5.41, 5.74) is 19.1. The predicted molar refractivity (Wildman–Crippen MR) is 344 cm³/mol. The highest BCUT2D eigenvalue weighted by Gasteiger charge is 2.23. The first-order valence-electron chi connectivity index (χ1n) is 28.1. The molecule has 386 valence electrons. The van der Waals surface area contributed by atoms with Gasteiger partial charge in [-0.3, -0.25) is 0 Å². The standard InChI is InChI=1S/C76H50N4O2/c1-47-17-9-13-25-66(47)77(57-33-35-61-59-23-11-15-27-68(59)79(70(61)45-57)53-19-5-3-6-20-53)55-31-29-49-41-64-63-37-38-72-75(76(63)82-73(64)43-51(49)39-55)65-42-50-30-32-56(40-52(50)44-74(65)81-72)78(67-26-14-10-18-48(67)2)58-34-36-62-60-24-12-16-28-69(60)80(71(62)46-58)54-21-7-4-8-22-54/h3-46H,1-2H3. The van der Waals surface area contributed by atoms with Crippen molar-refractivity contribution in [2.75, 3.05) is 9.80 Å². The highest BCUT2D eigenvalue weighted by atomic mass is 16.3. The average molecular weight is 1050 g/mol. The molecule has 0 saturated heterocycles. The third kappa shape index (κ3) is 7.01. The normalized spacial score (nSPS) is 12.0. The average Bonchev–Trinajstić information content (AvgIpc) is 4.43. The van der Waals surface area contributed by atoms with Crippen molar-refractivity contribution in [3.05, 3.63) is 278 Å². The molecule has 6 heteroatoms. The Kier molecular flexibility index (Phi) is 10.0. The highest BCUT2D eigenvalue weighted by Crippen LogP contribution is 2.47. The summed E-state index contributed by atoms with van der Waals surface area (Å²) < 4.78 is 18.6. The van der Waals surface area contributed by atoms with Crippen LogP contribution in [0.1, 0.15) is 11.1 Å². The Balaban J connectivity index is 0.783. The van der Waals surface area contributed by atoms with Crippen LogP contribution in [0, 0.1) is 13.8 Å². The number of nitrogens with zero attached hydrogens (tertiary/aromatic N) is 4. The molecule has 0 bridgehead atoms. The zero-order valence-corrected chi connectivity index (χ0v) is 45.0. The molecule has 0 fully saturated rings. The van der Waals surface area contributed by atoms with Crippen molar-refractivity contribution < 1.29 is 8.83 Å². The maximum atomic E-state index is 7.03. The van der Waals surface area contributed by atoms with Gasteiger partial charge in [0.1, 0.15) is 22.3 Å². The van der Waals surface area contributed by atoms with E-state index in [1.807, 2.05) is 0 Å². The highest BCUT2D eigenvalue weighted by molar-refractivity contribution is 6.24. The van der Waals surface area contributed by atoms with Gasteiger partial charge in [-0.1, -0.05) is 133 Å². The van der Waals surface area contributed by atoms with Gasteiger partial charge in [0.05, 0.1) is 27.5 Å². The van der Waals surface area contributed by atoms with Gasteiger partial charge in [0, 0.05) is 83.2 Å². The minimum absolute atomic E-state index is 0.796. The van der Waals surface area contributed by atoms with E-state index in [0.717, 1.165) is 122 Å². The van der Waals surface area contributed by atoms with Crippen molar-refractivity contribution in [1.82, 2.24) is 9.13 Å². The summed E-state index contributed by atoms with van der Waals surface area (Å²) in [4.78, 5) is 4.78. The van der Waals surface area contributed by atoms with E-state index in [2.05, 4.69) is 300 Å². The smallest absolute Gasteiger partial charge is 0.147 e. The molecule has 0 spiro atoms. The molecule has 0 saturated carbocycles. The van der Waals surface area contributed by atoms with Crippen molar-refractivity contribution in [1.29, 1.82) is 0 Å². The number of aromatic nitrogens is 2. The molecular weight excluding hydrogens is 1000 g/mol. The van der Waals surface area contributed by atoms with Gasteiger partial charge in [0.25, 0.3) is 0 Å².